The van der Waals surface area contributed by atoms with Gasteiger partial charge in [-0.15, -0.1) is 0 Å². The van der Waals surface area contributed by atoms with Crippen LogP contribution in [0.5, 0.6) is 0 Å². The van der Waals surface area contributed by atoms with Gasteiger partial charge in [0, 0.05) is 27.5 Å². The fraction of sp³-hybridized carbons (Fsp3) is 0. The van der Waals surface area contributed by atoms with Crippen LogP contribution in [0.2, 0.25) is 0 Å². The van der Waals surface area contributed by atoms with Crippen molar-refractivity contribution in [2.24, 2.45) is 0 Å². The van der Waals surface area contributed by atoms with E-state index in [0.29, 0.717) is 0 Å². The summed E-state index contributed by atoms with van der Waals surface area (Å²) in [5.41, 5.74) is 6.71. The fourth-order valence-corrected chi connectivity index (χ4v) is 7.17. The van der Waals surface area contributed by atoms with Gasteiger partial charge in [0.25, 0.3) is 0 Å². The molecule has 210 valence electrons. The monoisotopic (exact) mass is 575 g/mol. The lowest BCUT2D eigenvalue weighted by molar-refractivity contribution is 0.668. The predicted octanol–water partition coefficient (Wildman–Crippen LogP) is 12.4. The van der Waals surface area contributed by atoms with Gasteiger partial charge < -0.3 is 13.7 Å². The lowest BCUT2D eigenvalue weighted by Crippen LogP contribution is -2.10. The summed E-state index contributed by atoms with van der Waals surface area (Å²) in [5, 5.41) is 11.9. The van der Waals surface area contributed by atoms with Crippen molar-refractivity contribution in [1.82, 2.24) is 0 Å². The second-order valence-electron chi connectivity index (χ2n) is 11.7. The van der Waals surface area contributed by atoms with Crippen molar-refractivity contribution in [1.29, 1.82) is 0 Å². The molecule has 0 saturated carbocycles. The van der Waals surface area contributed by atoms with Crippen molar-refractivity contribution in [3.05, 3.63) is 152 Å². The zero-order valence-corrected chi connectivity index (χ0v) is 24.2. The molecule has 0 fully saturated rings. The SMILES string of the molecule is c1ccc2c(c1)ccc1c3cc(N(c4ccc5oc6ccccc6c5c4)c4cccc5oc6ccccc6c45)ccc3ccc21. The zero-order valence-electron chi connectivity index (χ0n) is 24.2. The molecule has 0 N–H and O–H groups in total. The van der Waals surface area contributed by atoms with Crippen LogP contribution < -0.4 is 4.90 Å². The number of benzene rings is 8. The summed E-state index contributed by atoms with van der Waals surface area (Å²) in [5.74, 6) is 0. The van der Waals surface area contributed by atoms with E-state index >= 15 is 0 Å². The Kier molecular flexibility index (Phi) is 5.00. The molecular formula is C42H25NO2. The molecular weight excluding hydrogens is 550 g/mol. The van der Waals surface area contributed by atoms with Crippen molar-refractivity contribution in [2.75, 3.05) is 4.90 Å². The Morgan fingerprint density at radius 3 is 1.73 bits per heavy atom. The molecule has 45 heavy (non-hydrogen) atoms. The molecule has 0 spiro atoms. The number of hydrogen-bond donors (Lipinski definition) is 0. The van der Waals surface area contributed by atoms with Gasteiger partial charge >= 0.3 is 0 Å². The molecule has 0 unspecified atom stereocenters. The van der Waals surface area contributed by atoms with Crippen LogP contribution in [-0.2, 0) is 0 Å². The minimum Gasteiger partial charge on any atom is -0.456 e. The second kappa shape index (κ2) is 9.22. The van der Waals surface area contributed by atoms with Crippen molar-refractivity contribution < 1.29 is 8.83 Å². The second-order valence-corrected chi connectivity index (χ2v) is 11.7. The topological polar surface area (TPSA) is 29.5 Å². The number of fused-ring (bicyclic) bond motifs is 11. The van der Waals surface area contributed by atoms with E-state index in [0.717, 1.165) is 60.9 Å². The highest BCUT2D eigenvalue weighted by atomic mass is 16.3. The van der Waals surface area contributed by atoms with Gasteiger partial charge in [0.2, 0.25) is 0 Å². The smallest absolute Gasteiger partial charge is 0.137 e. The first kappa shape index (κ1) is 24.4. The van der Waals surface area contributed by atoms with Gasteiger partial charge in [-0.2, -0.15) is 0 Å². The Hall–Kier alpha value is -6.06. The molecule has 0 aliphatic carbocycles. The first-order chi connectivity index (χ1) is 22.3. The van der Waals surface area contributed by atoms with E-state index in [1.54, 1.807) is 0 Å². The average Bonchev–Trinajstić information content (AvgIpc) is 3.67. The van der Waals surface area contributed by atoms with E-state index in [1.807, 2.05) is 24.3 Å². The van der Waals surface area contributed by atoms with E-state index in [-0.39, 0.29) is 0 Å². The summed E-state index contributed by atoms with van der Waals surface area (Å²) in [4.78, 5) is 2.37. The van der Waals surface area contributed by atoms with Gasteiger partial charge in [-0.1, -0.05) is 97.1 Å². The Morgan fingerprint density at radius 1 is 0.333 bits per heavy atom. The van der Waals surface area contributed by atoms with Crippen LogP contribution in [0.25, 0.3) is 76.2 Å². The molecule has 2 heterocycles. The number of furan rings is 2. The highest BCUT2D eigenvalue weighted by molar-refractivity contribution is 6.19. The van der Waals surface area contributed by atoms with E-state index in [9.17, 15) is 0 Å². The van der Waals surface area contributed by atoms with Gasteiger partial charge in [0.05, 0.1) is 11.1 Å². The molecule has 8 aromatic carbocycles. The largest absolute Gasteiger partial charge is 0.456 e. The Balaban J connectivity index is 1.29. The lowest BCUT2D eigenvalue weighted by atomic mass is 9.96. The molecule has 10 aromatic rings. The number of nitrogens with zero attached hydrogens (tertiary/aromatic N) is 1. The van der Waals surface area contributed by atoms with Crippen LogP contribution >= 0.6 is 0 Å². The van der Waals surface area contributed by atoms with Crippen LogP contribution in [0.1, 0.15) is 0 Å². The minimum atomic E-state index is 0.867. The normalized spacial score (nSPS) is 12.0. The highest BCUT2D eigenvalue weighted by Gasteiger charge is 2.21. The lowest BCUT2D eigenvalue weighted by Gasteiger charge is -2.27. The van der Waals surface area contributed by atoms with Gasteiger partial charge in [0.1, 0.15) is 22.3 Å². The standard InChI is InChI=1S/C42H25NO2/c1-2-9-30-26(8-1)17-22-32-31(30)21-18-27-16-19-28(24-35(27)32)43(29-20-23-40-36(25-29)33-10-3-5-13-38(33)44-40)37-12-7-15-41-42(37)34-11-4-6-14-39(34)45-41/h1-25H. The van der Waals surface area contributed by atoms with Crippen LogP contribution in [0.4, 0.5) is 17.1 Å². The number of anilines is 3. The van der Waals surface area contributed by atoms with E-state index < -0.39 is 0 Å². The molecule has 0 saturated heterocycles. The maximum absolute atomic E-state index is 6.36. The molecule has 0 aliphatic heterocycles. The first-order valence-electron chi connectivity index (χ1n) is 15.3. The molecule has 3 nitrogen and oxygen atoms in total. The van der Waals surface area contributed by atoms with Crippen molar-refractivity contribution in [2.45, 2.75) is 0 Å². The van der Waals surface area contributed by atoms with E-state index in [1.165, 1.54) is 32.3 Å². The molecule has 10 rings (SSSR count). The number of hydrogen-bond acceptors (Lipinski definition) is 3. The Morgan fingerprint density at radius 2 is 0.889 bits per heavy atom. The van der Waals surface area contributed by atoms with Crippen molar-refractivity contribution >= 4 is 93.3 Å². The van der Waals surface area contributed by atoms with Crippen LogP contribution in [0.15, 0.2) is 160 Å². The summed E-state index contributed by atoms with van der Waals surface area (Å²) in [6.07, 6.45) is 0. The van der Waals surface area contributed by atoms with Gasteiger partial charge in [-0.3, -0.25) is 0 Å². The number of para-hydroxylation sites is 2. The maximum atomic E-state index is 6.36. The van der Waals surface area contributed by atoms with Crippen molar-refractivity contribution in [3.63, 3.8) is 0 Å². The molecule has 0 aliphatic rings. The quantitative estimate of drug-likeness (QED) is 0.196. The summed E-state index contributed by atoms with van der Waals surface area (Å²) in [6, 6.07) is 53.8. The van der Waals surface area contributed by atoms with Crippen LogP contribution in [0, 0.1) is 0 Å². The van der Waals surface area contributed by atoms with E-state index in [4.69, 9.17) is 8.83 Å². The number of rotatable bonds is 3. The summed E-state index contributed by atoms with van der Waals surface area (Å²) in [6.45, 7) is 0. The van der Waals surface area contributed by atoms with Crippen LogP contribution in [0.3, 0.4) is 0 Å². The molecule has 0 bridgehead atoms. The van der Waals surface area contributed by atoms with Crippen molar-refractivity contribution in [3.8, 4) is 0 Å². The Labute approximate surface area is 258 Å². The average molecular weight is 576 g/mol. The minimum absolute atomic E-state index is 0.867. The molecule has 0 radical (unpaired) electrons. The molecule has 2 aromatic heterocycles. The summed E-state index contributed by atoms with van der Waals surface area (Å²) >= 11 is 0. The molecule has 0 atom stereocenters. The van der Waals surface area contributed by atoms with Crippen LogP contribution in [-0.4, -0.2) is 0 Å². The zero-order chi connectivity index (χ0) is 29.5. The predicted molar refractivity (Wildman–Crippen MR) is 188 cm³/mol. The molecule has 3 heteroatoms. The third-order valence-electron chi connectivity index (χ3n) is 9.23. The Bertz CT molecular complexity index is 2780. The highest BCUT2D eigenvalue weighted by Crippen LogP contribution is 2.45. The third-order valence-corrected chi connectivity index (χ3v) is 9.23. The van der Waals surface area contributed by atoms with Gasteiger partial charge in [0.15, 0.2) is 0 Å². The maximum Gasteiger partial charge on any atom is 0.137 e. The summed E-state index contributed by atoms with van der Waals surface area (Å²) in [7, 11) is 0. The first-order valence-corrected chi connectivity index (χ1v) is 15.3. The van der Waals surface area contributed by atoms with E-state index in [2.05, 4.69) is 132 Å². The third kappa shape index (κ3) is 3.58. The fourth-order valence-electron chi connectivity index (χ4n) is 7.17. The molecule has 0 amide bonds. The summed E-state index contributed by atoms with van der Waals surface area (Å²) < 4.78 is 12.6. The van der Waals surface area contributed by atoms with Gasteiger partial charge in [-0.05, 0) is 86.9 Å². The van der Waals surface area contributed by atoms with Gasteiger partial charge in [-0.25, -0.2) is 0 Å².